The summed E-state index contributed by atoms with van der Waals surface area (Å²) in [6, 6.07) is 20.6. The molecule has 4 aliphatic rings. The van der Waals surface area contributed by atoms with Crippen molar-refractivity contribution in [1.82, 2.24) is 5.32 Å². The van der Waals surface area contributed by atoms with E-state index >= 15 is 0 Å². The molecule has 2 aliphatic heterocycles. The number of anilines is 1. The number of nitrogens with zero attached hydrogens (tertiary/aromatic N) is 2. The first kappa shape index (κ1) is 23.6. The highest BCUT2D eigenvalue weighted by Crippen LogP contribution is 2.54. The lowest BCUT2D eigenvalue weighted by Gasteiger charge is -2.60. The standard InChI is InChI=1S/C34H35N3/c1-33(2)30-14-4-5-15-31(30)37(34(3)18-7-6-16-32(33)34)28-13-9-11-25(21-28)24-10-8-12-26(20-24)29-17-19-36-23-27(29)22-35/h4-8,10-12,14-18,20,23,28,32,36H,9,13,19,21H2,1-3H3/t28?,32?,34-/m0/s1. The van der Waals surface area contributed by atoms with Crippen molar-refractivity contribution in [1.29, 1.82) is 5.26 Å². The second-order valence-electron chi connectivity index (χ2n) is 11.5. The molecule has 6 rings (SSSR count). The van der Waals surface area contributed by atoms with E-state index in [9.17, 15) is 5.26 Å². The molecule has 3 nitrogen and oxygen atoms in total. The van der Waals surface area contributed by atoms with Crippen molar-refractivity contribution < 1.29 is 0 Å². The molecule has 0 bridgehead atoms. The Morgan fingerprint density at radius 2 is 1.84 bits per heavy atom. The van der Waals surface area contributed by atoms with Crippen molar-refractivity contribution in [3.05, 3.63) is 113 Å². The molecule has 1 N–H and O–H groups in total. The number of benzene rings is 2. The van der Waals surface area contributed by atoms with Gasteiger partial charge in [-0.2, -0.15) is 5.26 Å². The van der Waals surface area contributed by atoms with Gasteiger partial charge < -0.3 is 10.2 Å². The molecule has 2 aliphatic carbocycles. The number of nitrogens with one attached hydrogen (secondary N) is 1. The van der Waals surface area contributed by atoms with Gasteiger partial charge in [0.1, 0.15) is 6.07 Å². The van der Waals surface area contributed by atoms with Crippen molar-refractivity contribution in [2.45, 2.75) is 57.0 Å². The molecule has 3 heteroatoms. The van der Waals surface area contributed by atoms with Crippen LogP contribution in [0.2, 0.25) is 0 Å². The molecular weight excluding hydrogens is 450 g/mol. The van der Waals surface area contributed by atoms with E-state index in [2.05, 4.69) is 122 Å². The summed E-state index contributed by atoms with van der Waals surface area (Å²) >= 11 is 0. The normalized spacial score (nSPS) is 27.6. The van der Waals surface area contributed by atoms with Gasteiger partial charge in [-0.15, -0.1) is 0 Å². The monoisotopic (exact) mass is 485 g/mol. The average Bonchev–Trinajstić information content (AvgIpc) is 2.93. The molecule has 0 radical (unpaired) electrons. The quantitative estimate of drug-likeness (QED) is 0.495. The smallest absolute Gasteiger partial charge is 0.101 e. The van der Waals surface area contributed by atoms with Crippen LogP contribution in [0.15, 0.2) is 96.8 Å². The van der Waals surface area contributed by atoms with E-state index in [1.165, 1.54) is 22.4 Å². The van der Waals surface area contributed by atoms with Crippen LogP contribution in [0.4, 0.5) is 5.69 Å². The van der Waals surface area contributed by atoms with E-state index in [4.69, 9.17) is 0 Å². The van der Waals surface area contributed by atoms with Crippen LogP contribution >= 0.6 is 0 Å². The zero-order valence-corrected chi connectivity index (χ0v) is 22.0. The molecular formula is C34H35N3. The fourth-order valence-electron chi connectivity index (χ4n) is 7.28. The number of nitriles is 1. The molecule has 0 saturated heterocycles. The van der Waals surface area contributed by atoms with E-state index in [0.29, 0.717) is 17.5 Å². The maximum absolute atomic E-state index is 9.63. The van der Waals surface area contributed by atoms with E-state index in [1.54, 1.807) is 0 Å². The summed E-state index contributed by atoms with van der Waals surface area (Å²) in [5, 5.41) is 12.8. The highest BCUT2D eigenvalue weighted by Gasteiger charge is 2.53. The minimum atomic E-state index is -0.0754. The largest absolute Gasteiger partial charge is 0.386 e. The number of dihydropyridines is 1. The SMILES string of the molecule is CC1(C)c2ccccc2N(C2CCC=C(c3cccc(C4=CCNC=C4C#N)c3)C2)[C@@]2(C)C=CC=CC12. The summed E-state index contributed by atoms with van der Waals surface area (Å²) < 4.78 is 0. The lowest BCUT2D eigenvalue weighted by Crippen LogP contribution is -2.63. The summed E-state index contributed by atoms with van der Waals surface area (Å²) in [5.74, 6) is 0.403. The summed E-state index contributed by atoms with van der Waals surface area (Å²) in [6.45, 7) is 8.01. The van der Waals surface area contributed by atoms with Gasteiger partial charge >= 0.3 is 0 Å². The van der Waals surface area contributed by atoms with Crippen LogP contribution in [-0.4, -0.2) is 18.1 Å². The molecule has 0 spiro atoms. The summed E-state index contributed by atoms with van der Waals surface area (Å²) in [7, 11) is 0. The summed E-state index contributed by atoms with van der Waals surface area (Å²) in [6.07, 6.45) is 19.0. The first-order valence-corrected chi connectivity index (χ1v) is 13.5. The van der Waals surface area contributed by atoms with Crippen LogP contribution in [0.25, 0.3) is 11.1 Å². The fourth-order valence-corrected chi connectivity index (χ4v) is 7.28. The fraction of sp³-hybridized carbons (Fsp3) is 0.324. The highest BCUT2D eigenvalue weighted by atomic mass is 15.2. The molecule has 0 aromatic heterocycles. The Morgan fingerprint density at radius 3 is 2.70 bits per heavy atom. The molecule has 2 unspecified atom stereocenters. The highest BCUT2D eigenvalue weighted by molar-refractivity contribution is 5.85. The Balaban J connectivity index is 1.37. The molecule has 0 amide bonds. The Morgan fingerprint density at radius 1 is 1.00 bits per heavy atom. The van der Waals surface area contributed by atoms with Gasteiger partial charge in [0.05, 0.1) is 11.1 Å². The third-order valence-corrected chi connectivity index (χ3v) is 8.97. The van der Waals surface area contributed by atoms with Gasteiger partial charge in [-0.25, -0.2) is 0 Å². The van der Waals surface area contributed by atoms with Crippen LogP contribution in [0.1, 0.15) is 56.7 Å². The van der Waals surface area contributed by atoms with Gasteiger partial charge in [0.2, 0.25) is 0 Å². The van der Waals surface area contributed by atoms with Gasteiger partial charge in [0, 0.05) is 35.8 Å². The minimum absolute atomic E-state index is 0.0549. The number of allylic oxidation sites excluding steroid dienone is 5. The van der Waals surface area contributed by atoms with Crippen molar-refractivity contribution in [3.63, 3.8) is 0 Å². The van der Waals surface area contributed by atoms with Crippen LogP contribution in [0, 0.1) is 17.2 Å². The minimum Gasteiger partial charge on any atom is -0.386 e. The Kier molecular flexibility index (Phi) is 5.72. The number of fused-ring (bicyclic) bond motifs is 2. The van der Waals surface area contributed by atoms with Gasteiger partial charge in [-0.05, 0) is 66.2 Å². The molecule has 0 saturated carbocycles. The molecule has 37 heavy (non-hydrogen) atoms. The molecule has 2 aromatic rings. The lowest BCUT2D eigenvalue weighted by molar-refractivity contribution is 0.229. The van der Waals surface area contributed by atoms with Crippen LogP contribution in [0.3, 0.4) is 0 Å². The van der Waals surface area contributed by atoms with E-state index in [0.717, 1.165) is 36.9 Å². The van der Waals surface area contributed by atoms with Crippen LogP contribution in [-0.2, 0) is 5.41 Å². The number of hydrogen-bond donors (Lipinski definition) is 1. The lowest BCUT2D eigenvalue weighted by atomic mass is 9.59. The Labute approximate surface area is 221 Å². The first-order chi connectivity index (χ1) is 17.9. The van der Waals surface area contributed by atoms with Gasteiger partial charge in [-0.1, -0.05) is 86.7 Å². The third-order valence-electron chi connectivity index (χ3n) is 8.97. The Bertz CT molecular complexity index is 1430. The molecule has 2 heterocycles. The van der Waals surface area contributed by atoms with E-state index < -0.39 is 0 Å². The zero-order valence-electron chi connectivity index (χ0n) is 22.0. The number of hydrogen-bond acceptors (Lipinski definition) is 3. The van der Waals surface area contributed by atoms with E-state index in [-0.39, 0.29) is 11.0 Å². The van der Waals surface area contributed by atoms with Crippen molar-refractivity contribution in [2.24, 2.45) is 5.92 Å². The number of rotatable bonds is 3. The van der Waals surface area contributed by atoms with Gasteiger partial charge in [-0.3, -0.25) is 0 Å². The second kappa shape index (κ2) is 8.96. The zero-order chi connectivity index (χ0) is 25.6. The summed E-state index contributed by atoms with van der Waals surface area (Å²) in [5.41, 5.74) is 8.33. The average molecular weight is 486 g/mol. The maximum atomic E-state index is 9.63. The van der Waals surface area contributed by atoms with Crippen molar-refractivity contribution in [2.75, 3.05) is 11.4 Å². The maximum Gasteiger partial charge on any atom is 0.101 e. The van der Waals surface area contributed by atoms with Crippen molar-refractivity contribution >= 4 is 16.8 Å². The summed E-state index contributed by atoms with van der Waals surface area (Å²) in [4.78, 5) is 2.75. The van der Waals surface area contributed by atoms with Crippen molar-refractivity contribution in [3.8, 4) is 6.07 Å². The second-order valence-corrected chi connectivity index (χ2v) is 11.5. The third kappa shape index (κ3) is 3.78. The van der Waals surface area contributed by atoms with Crippen LogP contribution in [0.5, 0.6) is 0 Å². The van der Waals surface area contributed by atoms with Gasteiger partial charge in [0.15, 0.2) is 0 Å². The first-order valence-electron chi connectivity index (χ1n) is 13.5. The predicted molar refractivity (Wildman–Crippen MR) is 154 cm³/mol. The van der Waals surface area contributed by atoms with Crippen LogP contribution < -0.4 is 10.2 Å². The predicted octanol–water partition coefficient (Wildman–Crippen LogP) is 7.32. The van der Waals surface area contributed by atoms with E-state index in [1.807, 2.05) is 6.20 Å². The molecule has 2 aromatic carbocycles. The van der Waals surface area contributed by atoms with Gasteiger partial charge in [0.25, 0.3) is 0 Å². The Hall–Kier alpha value is -3.77. The molecule has 0 fully saturated rings. The molecule has 186 valence electrons. The number of para-hydroxylation sites is 1. The topological polar surface area (TPSA) is 39.1 Å². The molecule has 3 atom stereocenters.